The molecule has 0 aliphatic carbocycles. The lowest BCUT2D eigenvalue weighted by Crippen LogP contribution is -2.48. The summed E-state index contributed by atoms with van der Waals surface area (Å²) < 4.78 is 11.0. The summed E-state index contributed by atoms with van der Waals surface area (Å²) in [5.41, 5.74) is 2.26. The number of piperazine rings is 1. The Balaban J connectivity index is 1.87. The Morgan fingerprint density at radius 2 is 1.84 bits per heavy atom. The number of hydrogen-bond acceptors (Lipinski definition) is 5. The van der Waals surface area contributed by atoms with Crippen LogP contribution in [0.1, 0.15) is 31.9 Å². The molecule has 0 aromatic heterocycles. The minimum absolute atomic E-state index is 0.541. The van der Waals surface area contributed by atoms with Gasteiger partial charge >= 0.3 is 0 Å². The van der Waals surface area contributed by atoms with Gasteiger partial charge in [-0.1, -0.05) is 26.0 Å². The lowest BCUT2D eigenvalue weighted by molar-refractivity contribution is 0.124. The van der Waals surface area contributed by atoms with E-state index in [1.807, 2.05) is 0 Å². The third-order valence-electron chi connectivity index (χ3n) is 5.62. The molecule has 0 spiro atoms. The Kier molecular flexibility index (Phi) is 11.7. The highest BCUT2D eigenvalue weighted by Gasteiger charge is 2.17. The highest BCUT2D eigenvalue weighted by molar-refractivity contribution is 5.79. The molecule has 0 saturated carbocycles. The molecule has 1 atom stereocenters. The van der Waals surface area contributed by atoms with Gasteiger partial charge < -0.3 is 29.9 Å². The van der Waals surface area contributed by atoms with Crippen LogP contribution in [0.2, 0.25) is 0 Å². The Labute approximate surface area is 189 Å². The molecule has 2 rings (SSSR count). The highest BCUT2D eigenvalue weighted by Crippen LogP contribution is 2.21. The van der Waals surface area contributed by atoms with Crippen LogP contribution in [-0.4, -0.2) is 88.4 Å². The summed E-state index contributed by atoms with van der Waals surface area (Å²) in [4.78, 5) is 9.91. The van der Waals surface area contributed by atoms with Crippen molar-refractivity contribution in [1.29, 1.82) is 0 Å². The predicted octanol–water partition coefficient (Wildman–Crippen LogP) is 2.35. The Bertz CT molecular complexity index is 659. The molecule has 7 nitrogen and oxygen atoms in total. The van der Waals surface area contributed by atoms with Crippen LogP contribution in [-0.2, 0) is 11.3 Å². The van der Waals surface area contributed by atoms with E-state index < -0.39 is 0 Å². The molecule has 0 radical (unpaired) electrons. The smallest absolute Gasteiger partial charge is 0.191 e. The van der Waals surface area contributed by atoms with Crippen molar-refractivity contribution in [3.8, 4) is 5.75 Å². The Morgan fingerprint density at radius 1 is 1.10 bits per heavy atom. The summed E-state index contributed by atoms with van der Waals surface area (Å²) in [5, 5.41) is 6.89. The number of benzene rings is 1. The lowest BCUT2D eigenvalue weighted by Gasteiger charge is -2.35. The number of rotatable bonds is 12. The lowest BCUT2D eigenvalue weighted by atomic mass is 10.1. The van der Waals surface area contributed by atoms with Crippen molar-refractivity contribution in [2.75, 3.05) is 72.7 Å². The van der Waals surface area contributed by atoms with Crippen molar-refractivity contribution in [2.45, 2.75) is 34.2 Å². The van der Waals surface area contributed by atoms with Crippen molar-refractivity contribution in [2.24, 2.45) is 10.9 Å². The molecule has 1 aliphatic heterocycles. The van der Waals surface area contributed by atoms with Gasteiger partial charge in [-0.3, -0.25) is 0 Å². The normalized spacial score (nSPS) is 16.9. The van der Waals surface area contributed by atoms with Crippen molar-refractivity contribution in [3.63, 3.8) is 0 Å². The molecule has 31 heavy (non-hydrogen) atoms. The van der Waals surface area contributed by atoms with E-state index in [9.17, 15) is 0 Å². The number of guanidine groups is 1. The van der Waals surface area contributed by atoms with Gasteiger partial charge in [-0.05, 0) is 37.9 Å². The second-order valence-electron chi connectivity index (χ2n) is 8.37. The fraction of sp³-hybridized carbons (Fsp3) is 0.708. The van der Waals surface area contributed by atoms with Crippen LogP contribution >= 0.6 is 0 Å². The standard InChI is InChI=1S/C24H43N5O2/c1-6-25-24(26-17-21(4)19-29-12-10-28(7-2)11-13-29)27-18-22-9-8-20(3)16-23(22)31-15-14-30-5/h8-9,16,21H,6-7,10-15,17-19H2,1-5H3,(H2,25,26,27). The van der Waals surface area contributed by atoms with Gasteiger partial charge in [0.05, 0.1) is 13.2 Å². The summed E-state index contributed by atoms with van der Waals surface area (Å²) in [6, 6.07) is 6.28. The first kappa shape index (κ1) is 25.4. The average molecular weight is 434 g/mol. The van der Waals surface area contributed by atoms with E-state index in [1.165, 1.54) is 31.7 Å². The number of nitrogens with zero attached hydrogens (tertiary/aromatic N) is 3. The number of hydrogen-bond donors (Lipinski definition) is 2. The van der Waals surface area contributed by atoms with Gasteiger partial charge in [0.15, 0.2) is 5.96 Å². The highest BCUT2D eigenvalue weighted by atomic mass is 16.5. The number of likely N-dealkylation sites (N-methyl/N-ethyl adjacent to an activating group) is 1. The van der Waals surface area contributed by atoms with Crippen LogP contribution in [0.5, 0.6) is 5.75 Å². The Hall–Kier alpha value is -1.83. The third-order valence-corrected chi connectivity index (χ3v) is 5.62. The van der Waals surface area contributed by atoms with Gasteiger partial charge in [0.25, 0.3) is 0 Å². The fourth-order valence-corrected chi connectivity index (χ4v) is 3.73. The molecule has 0 bridgehead atoms. The van der Waals surface area contributed by atoms with Crippen molar-refractivity contribution in [3.05, 3.63) is 29.3 Å². The molecule has 1 fully saturated rings. The maximum atomic E-state index is 5.91. The molecular weight excluding hydrogens is 390 g/mol. The number of methoxy groups -OCH3 is 1. The van der Waals surface area contributed by atoms with Crippen LogP contribution < -0.4 is 15.4 Å². The topological polar surface area (TPSA) is 61.4 Å². The van der Waals surface area contributed by atoms with E-state index in [0.29, 0.717) is 25.7 Å². The van der Waals surface area contributed by atoms with Crippen LogP contribution in [0.4, 0.5) is 0 Å². The summed E-state index contributed by atoms with van der Waals surface area (Å²) >= 11 is 0. The zero-order chi connectivity index (χ0) is 22.5. The summed E-state index contributed by atoms with van der Waals surface area (Å²) in [7, 11) is 1.69. The largest absolute Gasteiger partial charge is 0.491 e. The van der Waals surface area contributed by atoms with Crippen LogP contribution in [0.25, 0.3) is 0 Å². The van der Waals surface area contributed by atoms with Crippen molar-refractivity contribution >= 4 is 5.96 Å². The van der Waals surface area contributed by atoms with E-state index in [1.54, 1.807) is 7.11 Å². The molecule has 1 unspecified atom stereocenters. The first-order chi connectivity index (χ1) is 15.0. The van der Waals surface area contributed by atoms with Gasteiger partial charge in [-0.15, -0.1) is 0 Å². The molecule has 1 aromatic rings. The van der Waals surface area contributed by atoms with Gasteiger partial charge in [-0.2, -0.15) is 0 Å². The quantitative estimate of drug-likeness (QED) is 0.300. The molecule has 176 valence electrons. The zero-order valence-corrected chi connectivity index (χ0v) is 20.2. The van der Waals surface area contributed by atoms with Crippen LogP contribution in [0.3, 0.4) is 0 Å². The predicted molar refractivity (Wildman–Crippen MR) is 129 cm³/mol. The first-order valence-corrected chi connectivity index (χ1v) is 11.7. The third kappa shape index (κ3) is 9.46. The monoisotopic (exact) mass is 433 g/mol. The van der Waals surface area contributed by atoms with Gasteiger partial charge in [0.1, 0.15) is 12.4 Å². The fourth-order valence-electron chi connectivity index (χ4n) is 3.73. The number of nitrogens with one attached hydrogen (secondary N) is 2. The molecule has 1 aromatic carbocycles. The number of ether oxygens (including phenoxy) is 2. The van der Waals surface area contributed by atoms with Crippen molar-refractivity contribution in [1.82, 2.24) is 20.4 Å². The minimum Gasteiger partial charge on any atom is -0.491 e. The molecule has 0 amide bonds. The van der Waals surface area contributed by atoms with E-state index in [2.05, 4.69) is 66.3 Å². The van der Waals surface area contributed by atoms with Gasteiger partial charge in [-0.25, -0.2) is 4.99 Å². The first-order valence-electron chi connectivity index (χ1n) is 11.7. The molecule has 1 saturated heterocycles. The van der Waals surface area contributed by atoms with E-state index in [-0.39, 0.29) is 0 Å². The number of aryl methyl sites for hydroxylation is 1. The molecule has 1 heterocycles. The van der Waals surface area contributed by atoms with Gasteiger partial charge in [0.2, 0.25) is 0 Å². The number of aliphatic imine (C=N–C) groups is 1. The van der Waals surface area contributed by atoms with E-state index in [4.69, 9.17) is 14.5 Å². The summed E-state index contributed by atoms with van der Waals surface area (Å²) in [5.74, 6) is 2.30. The van der Waals surface area contributed by atoms with Crippen molar-refractivity contribution < 1.29 is 9.47 Å². The second-order valence-corrected chi connectivity index (χ2v) is 8.37. The zero-order valence-electron chi connectivity index (χ0n) is 20.2. The second kappa shape index (κ2) is 14.3. The maximum absolute atomic E-state index is 5.91. The van der Waals surface area contributed by atoms with Crippen LogP contribution in [0.15, 0.2) is 23.2 Å². The van der Waals surface area contributed by atoms with Crippen LogP contribution in [0, 0.1) is 12.8 Å². The maximum Gasteiger partial charge on any atom is 0.191 e. The van der Waals surface area contributed by atoms with E-state index in [0.717, 1.165) is 43.5 Å². The molecule has 7 heteroatoms. The summed E-state index contributed by atoms with van der Waals surface area (Å²) in [6.07, 6.45) is 0. The minimum atomic E-state index is 0.541. The molecule has 2 N–H and O–H groups in total. The Morgan fingerprint density at radius 3 is 2.52 bits per heavy atom. The van der Waals surface area contributed by atoms with E-state index >= 15 is 0 Å². The SMILES string of the molecule is CCNC(=NCc1ccc(C)cc1OCCOC)NCC(C)CN1CCN(CC)CC1. The molecule has 1 aliphatic rings. The summed E-state index contributed by atoms with van der Waals surface area (Å²) in [6.45, 7) is 19.2. The average Bonchev–Trinajstić information content (AvgIpc) is 2.77. The molecular formula is C24H43N5O2. The van der Waals surface area contributed by atoms with Gasteiger partial charge in [0, 0.05) is 58.5 Å².